The Kier molecular flexibility index (Phi) is 5.33. The first-order valence-corrected chi connectivity index (χ1v) is 9.71. The maximum Gasteiger partial charge on any atom is 0.300 e. The Bertz CT molecular complexity index is 1190. The van der Waals surface area contributed by atoms with Gasteiger partial charge in [0.2, 0.25) is 0 Å². The van der Waals surface area contributed by atoms with Crippen molar-refractivity contribution in [2.45, 2.75) is 6.04 Å². The minimum absolute atomic E-state index is 0.0853. The fourth-order valence-electron chi connectivity index (χ4n) is 3.48. The van der Waals surface area contributed by atoms with Crippen LogP contribution in [-0.4, -0.2) is 16.8 Å². The zero-order valence-electron chi connectivity index (χ0n) is 15.4. The lowest BCUT2D eigenvalue weighted by atomic mass is 9.94. The second-order valence-corrected chi connectivity index (χ2v) is 7.47. The minimum Gasteiger partial charge on any atom is -0.507 e. The first kappa shape index (κ1) is 20.1. The van der Waals surface area contributed by atoms with E-state index in [4.69, 9.17) is 23.2 Å². The van der Waals surface area contributed by atoms with Crippen LogP contribution in [0, 0.1) is 5.82 Å². The average molecular weight is 442 g/mol. The number of Topliss-reactive ketones (excluding diaryl/α,β-unsaturated/α-hetero) is 1. The predicted octanol–water partition coefficient (Wildman–Crippen LogP) is 5.76. The summed E-state index contributed by atoms with van der Waals surface area (Å²) in [5.41, 5.74) is 0.451. The third-order valence-electron chi connectivity index (χ3n) is 4.87. The Morgan fingerprint density at radius 3 is 2.23 bits per heavy atom. The highest BCUT2D eigenvalue weighted by Crippen LogP contribution is 2.43. The Morgan fingerprint density at radius 1 is 0.900 bits per heavy atom. The molecule has 0 radical (unpaired) electrons. The second-order valence-electron chi connectivity index (χ2n) is 6.66. The van der Waals surface area contributed by atoms with E-state index in [1.165, 1.54) is 41.3 Å². The van der Waals surface area contributed by atoms with Gasteiger partial charge in [0.05, 0.1) is 21.7 Å². The van der Waals surface area contributed by atoms with Gasteiger partial charge in [-0.25, -0.2) is 4.39 Å². The third kappa shape index (κ3) is 3.36. The van der Waals surface area contributed by atoms with Gasteiger partial charge in [-0.3, -0.25) is 14.5 Å². The number of carbonyl (C=O) groups is 2. The highest BCUT2D eigenvalue weighted by atomic mass is 35.5. The SMILES string of the molecule is O=C1C(=O)N(c2ccccc2)C(c2ccccc2F)/C1=C(\O)c1ccc(Cl)c(Cl)c1. The monoisotopic (exact) mass is 441 g/mol. The van der Waals surface area contributed by atoms with Crippen LogP contribution in [0.2, 0.25) is 10.0 Å². The number of carbonyl (C=O) groups excluding carboxylic acids is 2. The molecule has 0 saturated carbocycles. The second kappa shape index (κ2) is 7.94. The number of ketones is 1. The molecule has 3 aromatic carbocycles. The molecule has 3 aromatic rings. The standard InChI is InChI=1S/C23H14Cl2FNO3/c24-16-11-10-13(12-17(16)25)21(28)19-20(15-8-4-5-9-18(15)26)27(23(30)22(19)29)14-6-2-1-3-7-14/h1-12,20,28H/b21-19+. The van der Waals surface area contributed by atoms with Crippen LogP contribution in [0.5, 0.6) is 0 Å². The Balaban J connectivity index is 1.98. The van der Waals surface area contributed by atoms with E-state index in [1.807, 2.05) is 0 Å². The van der Waals surface area contributed by atoms with Crippen molar-refractivity contribution in [1.82, 2.24) is 0 Å². The van der Waals surface area contributed by atoms with Gasteiger partial charge in [0.15, 0.2) is 0 Å². The summed E-state index contributed by atoms with van der Waals surface area (Å²) in [6, 6.07) is 17.4. The summed E-state index contributed by atoms with van der Waals surface area (Å²) in [7, 11) is 0. The zero-order chi connectivity index (χ0) is 21.4. The topological polar surface area (TPSA) is 57.6 Å². The molecule has 4 rings (SSSR count). The van der Waals surface area contributed by atoms with Crippen LogP contribution >= 0.6 is 23.2 Å². The first-order chi connectivity index (χ1) is 14.4. The maximum absolute atomic E-state index is 14.7. The van der Waals surface area contributed by atoms with Gasteiger partial charge in [-0.15, -0.1) is 0 Å². The van der Waals surface area contributed by atoms with Crippen molar-refractivity contribution in [2.24, 2.45) is 0 Å². The molecule has 1 fully saturated rings. The summed E-state index contributed by atoms with van der Waals surface area (Å²) >= 11 is 12.0. The molecule has 1 N–H and O–H groups in total. The van der Waals surface area contributed by atoms with Crippen LogP contribution in [0.1, 0.15) is 17.2 Å². The largest absolute Gasteiger partial charge is 0.507 e. The number of anilines is 1. The van der Waals surface area contributed by atoms with Crippen LogP contribution in [0.15, 0.2) is 78.4 Å². The van der Waals surface area contributed by atoms with Gasteiger partial charge in [0.25, 0.3) is 11.7 Å². The number of rotatable bonds is 3. The quantitative estimate of drug-likeness (QED) is 0.319. The molecule has 150 valence electrons. The van der Waals surface area contributed by atoms with Gasteiger partial charge in [-0.1, -0.05) is 59.6 Å². The Morgan fingerprint density at radius 2 is 1.57 bits per heavy atom. The molecule has 30 heavy (non-hydrogen) atoms. The van der Waals surface area contributed by atoms with Crippen LogP contribution < -0.4 is 4.90 Å². The predicted molar refractivity (Wildman–Crippen MR) is 114 cm³/mol. The van der Waals surface area contributed by atoms with E-state index in [1.54, 1.807) is 36.4 Å². The van der Waals surface area contributed by atoms with E-state index in [0.29, 0.717) is 5.69 Å². The Hall–Kier alpha value is -3.15. The van der Waals surface area contributed by atoms with Gasteiger partial charge in [-0.05, 0) is 36.4 Å². The van der Waals surface area contributed by atoms with Crippen LogP contribution in [0.3, 0.4) is 0 Å². The van der Waals surface area contributed by atoms with Crippen molar-refractivity contribution in [3.63, 3.8) is 0 Å². The van der Waals surface area contributed by atoms with E-state index in [9.17, 15) is 19.1 Å². The van der Waals surface area contributed by atoms with Crippen molar-refractivity contribution in [2.75, 3.05) is 4.90 Å². The summed E-state index contributed by atoms with van der Waals surface area (Å²) in [4.78, 5) is 27.1. The number of hydrogen-bond acceptors (Lipinski definition) is 3. The number of para-hydroxylation sites is 1. The smallest absolute Gasteiger partial charge is 0.300 e. The zero-order valence-corrected chi connectivity index (χ0v) is 16.9. The molecule has 0 aliphatic carbocycles. The van der Waals surface area contributed by atoms with Crippen molar-refractivity contribution in [3.05, 3.63) is 105 Å². The average Bonchev–Trinajstić information content (AvgIpc) is 3.01. The lowest BCUT2D eigenvalue weighted by Crippen LogP contribution is -2.29. The normalized spacial score (nSPS) is 18.1. The fourth-order valence-corrected chi connectivity index (χ4v) is 3.78. The molecule has 1 amide bonds. The number of aliphatic hydroxyl groups excluding tert-OH is 1. The molecular weight excluding hydrogens is 428 g/mol. The number of halogens is 3. The molecule has 1 atom stereocenters. The lowest BCUT2D eigenvalue weighted by molar-refractivity contribution is -0.132. The number of amides is 1. The van der Waals surface area contributed by atoms with Gasteiger partial charge < -0.3 is 5.11 Å². The lowest BCUT2D eigenvalue weighted by Gasteiger charge is -2.25. The minimum atomic E-state index is -1.15. The molecule has 4 nitrogen and oxygen atoms in total. The van der Waals surface area contributed by atoms with Crippen molar-refractivity contribution in [1.29, 1.82) is 0 Å². The molecule has 1 heterocycles. The summed E-state index contributed by atoms with van der Waals surface area (Å²) in [6.07, 6.45) is 0. The Labute approximate surface area is 181 Å². The fraction of sp³-hybridized carbons (Fsp3) is 0.0435. The van der Waals surface area contributed by atoms with Crippen molar-refractivity contribution in [3.8, 4) is 0 Å². The molecular formula is C23H14Cl2FNO3. The maximum atomic E-state index is 14.7. The van der Waals surface area contributed by atoms with E-state index in [2.05, 4.69) is 0 Å². The number of nitrogens with zero attached hydrogens (tertiary/aromatic N) is 1. The summed E-state index contributed by atoms with van der Waals surface area (Å²) in [5, 5.41) is 11.4. The highest BCUT2D eigenvalue weighted by molar-refractivity contribution is 6.51. The molecule has 7 heteroatoms. The number of hydrogen-bond donors (Lipinski definition) is 1. The van der Waals surface area contributed by atoms with E-state index in [0.717, 1.165) is 0 Å². The van der Waals surface area contributed by atoms with E-state index in [-0.39, 0.29) is 26.7 Å². The molecule has 1 aliphatic rings. The van der Waals surface area contributed by atoms with Gasteiger partial charge in [0, 0.05) is 16.8 Å². The molecule has 1 unspecified atom stereocenters. The van der Waals surface area contributed by atoms with Gasteiger partial charge in [0.1, 0.15) is 11.6 Å². The molecule has 0 spiro atoms. The molecule has 1 saturated heterocycles. The van der Waals surface area contributed by atoms with Crippen LogP contribution in [-0.2, 0) is 9.59 Å². The van der Waals surface area contributed by atoms with Gasteiger partial charge >= 0.3 is 0 Å². The number of aliphatic hydroxyl groups is 1. The van der Waals surface area contributed by atoms with Crippen LogP contribution in [0.25, 0.3) is 5.76 Å². The highest BCUT2D eigenvalue weighted by Gasteiger charge is 2.47. The van der Waals surface area contributed by atoms with Crippen molar-refractivity contribution >= 4 is 46.3 Å². The summed E-state index contributed by atoms with van der Waals surface area (Å²) in [5.74, 6) is -2.85. The first-order valence-electron chi connectivity index (χ1n) is 8.96. The molecule has 1 aliphatic heterocycles. The third-order valence-corrected chi connectivity index (χ3v) is 5.61. The summed E-state index contributed by atoms with van der Waals surface area (Å²) in [6.45, 7) is 0. The number of benzene rings is 3. The molecule has 0 bridgehead atoms. The van der Waals surface area contributed by atoms with Crippen LogP contribution in [0.4, 0.5) is 10.1 Å². The van der Waals surface area contributed by atoms with E-state index < -0.39 is 29.3 Å². The van der Waals surface area contributed by atoms with Gasteiger partial charge in [-0.2, -0.15) is 0 Å². The molecule has 0 aromatic heterocycles. The van der Waals surface area contributed by atoms with E-state index >= 15 is 0 Å². The van der Waals surface area contributed by atoms with Crippen molar-refractivity contribution < 1.29 is 19.1 Å². The summed E-state index contributed by atoms with van der Waals surface area (Å²) < 4.78 is 14.7.